The number of benzene rings is 1. The molecule has 0 fully saturated rings. The van der Waals surface area contributed by atoms with Crippen LogP contribution in [0.25, 0.3) is 10.9 Å². The van der Waals surface area contributed by atoms with Gasteiger partial charge in [-0.3, -0.25) is 0 Å². The van der Waals surface area contributed by atoms with Crippen LogP contribution in [-0.2, 0) is 6.54 Å². The minimum atomic E-state index is -4.29. The molecule has 0 saturated heterocycles. The van der Waals surface area contributed by atoms with E-state index in [2.05, 4.69) is 0 Å². The number of hydrogen-bond acceptors (Lipinski definition) is 0. The second kappa shape index (κ2) is 3.25. The number of fused-ring (bicyclic) bond motifs is 1. The van der Waals surface area contributed by atoms with Crippen molar-refractivity contribution >= 4 is 10.9 Å². The molecular weight excluding hydrogens is 210 g/mol. The number of nitrogens with zero attached hydrogens (tertiary/aromatic N) is 1. The first-order valence-electron chi connectivity index (χ1n) is 4.27. The van der Waals surface area contributed by atoms with Crippen LogP contribution in [0.5, 0.6) is 0 Å². The molecule has 80 valence electrons. The highest BCUT2D eigenvalue weighted by molar-refractivity contribution is 5.80. The third kappa shape index (κ3) is 2.11. The summed E-state index contributed by atoms with van der Waals surface area (Å²) < 4.78 is 50.2. The maximum absolute atomic E-state index is 12.8. The van der Waals surface area contributed by atoms with E-state index in [9.17, 15) is 17.6 Å². The molecule has 1 aromatic heterocycles. The summed E-state index contributed by atoms with van der Waals surface area (Å²) in [6, 6.07) is 5.30. The number of aromatic nitrogens is 1. The second-order valence-corrected chi connectivity index (χ2v) is 3.26. The summed E-state index contributed by atoms with van der Waals surface area (Å²) in [5.41, 5.74) is 0.257. The minimum Gasteiger partial charge on any atom is -0.338 e. The van der Waals surface area contributed by atoms with Crippen molar-refractivity contribution in [2.24, 2.45) is 0 Å². The first kappa shape index (κ1) is 10.0. The van der Waals surface area contributed by atoms with Crippen molar-refractivity contribution in [3.63, 3.8) is 0 Å². The van der Waals surface area contributed by atoms with Crippen LogP contribution in [0.1, 0.15) is 0 Å². The Hall–Kier alpha value is -1.52. The van der Waals surface area contributed by atoms with Crippen LogP contribution in [0.15, 0.2) is 30.5 Å². The third-order valence-corrected chi connectivity index (χ3v) is 2.09. The molecule has 1 nitrogen and oxygen atoms in total. The van der Waals surface area contributed by atoms with E-state index in [0.717, 1.165) is 10.6 Å². The zero-order chi connectivity index (χ0) is 11.1. The molecule has 0 saturated carbocycles. The lowest BCUT2D eigenvalue weighted by Gasteiger charge is -2.08. The lowest BCUT2D eigenvalue weighted by molar-refractivity contribution is -0.139. The Morgan fingerprint density at radius 2 is 1.87 bits per heavy atom. The van der Waals surface area contributed by atoms with Crippen molar-refractivity contribution in [1.29, 1.82) is 0 Å². The Labute approximate surface area is 82.9 Å². The van der Waals surface area contributed by atoms with Gasteiger partial charge in [-0.2, -0.15) is 13.2 Å². The fourth-order valence-electron chi connectivity index (χ4n) is 1.49. The zero-order valence-corrected chi connectivity index (χ0v) is 7.55. The fourth-order valence-corrected chi connectivity index (χ4v) is 1.49. The van der Waals surface area contributed by atoms with Crippen LogP contribution in [0, 0.1) is 5.82 Å². The van der Waals surface area contributed by atoms with E-state index >= 15 is 0 Å². The first-order chi connectivity index (χ1) is 6.96. The van der Waals surface area contributed by atoms with E-state index < -0.39 is 18.5 Å². The second-order valence-electron chi connectivity index (χ2n) is 3.26. The summed E-state index contributed by atoms with van der Waals surface area (Å²) >= 11 is 0. The van der Waals surface area contributed by atoms with Crippen molar-refractivity contribution in [3.8, 4) is 0 Å². The van der Waals surface area contributed by atoms with Gasteiger partial charge in [0.1, 0.15) is 12.4 Å². The maximum atomic E-state index is 12.8. The quantitative estimate of drug-likeness (QED) is 0.645. The molecule has 0 N–H and O–H groups in total. The van der Waals surface area contributed by atoms with E-state index in [1.54, 1.807) is 0 Å². The molecule has 5 heteroatoms. The highest BCUT2D eigenvalue weighted by Gasteiger charge is 2.28. The molecule has 0 aliphatic heterocycles. The van der Waals surface area contributed by atoms with E-state index in [1.165, 1.54) is 24.4 Å². The molecule has 0 amide bonds. The summed E-state index contributed by atoms with van der Waals surface area (Å²) in [7, 11) is 0. The summed E-state index contributed by atoms with van der Waals surface area (Å²) in [5, 5.41) is 0.598. The van der Waals surface area contributed by atoms with Crippen LogP contribution in [-0.4, -0.2) is 10.7 Å². The van der Waals surface area contributed by atoms with Crippen LogP contribution >= 0.6 is 0 Å². The van der Waals surface area contributed by atoms with Crippen molar-refractivity contribution in [1.82, 2.24) is 4.57 Å². The Morgan fingerprint density at radius 3 is 2.53 bits per heavy atom. The van der Waals surface area contributed by atoms with Gasteiger partial charge in [0.15, 0.2) is 0 Å². The normalized spacial score (nSPS) is 12.3. The molecule has 2 rings (SSSR count). The van der Waals surface area contributed by atoms with Gasteiger partial charge in [0.25, 0.3) is 0 Å². The van der Waals surface area contributed by atoms with Crippen molar-refractivity contribution in [2.45, 2.75) is 12.7 Å². The smallest absolute Gasteiger partial charge is 0.338 e. The number of hydrogen-bond donors (Lipinski definition) is 0. The topological polar surface area (TPSA) is 4.93 Å². The van der Waals surface area contributed by atoms with E-state index in [1.807, 2.05) is 0 Å². The molecule has 0 aliphatic carbocycles. The molecule has 0 bridgehead atoms. The lowest BCUT2D eigenvalue weighted by atomic mass is 10.2. The van der Waals surface area contributed by atoms with Gasteiger partial charge in [-0.05, 0) is 29.7 Å². The Balaban J connectivity index is 2.48. The van der Waals surface area contributed by atoms with Gasteiger partial charge in [0, 0.05) is 6.20 Å². The van der Waals surface area contributed by atoms with Crippen LogP contribution in [0.2, 0.25) is 0 Å². The summed E-state index contributed by atoms with van der Waals surface area (Å²) in [5.74, 6) is -0.537. The van der Waals surface area contributed by atoms with Gasteiger partial charge in [-0.25, -0.2) is 4.39 Å². The SMILES string of the molecule is Fc1ccc2ccn(CC(F)(F)F)c2c1. The minimum absolute atomic E-state index is 0.257. The monoisotopic (exact) mass is 217 g/mol. The highest BCUT2D eigenvalue weighted by atomic mass is 19.4. The third-order valence-electron chi connectivity index (χ3n) is 2.09. The number of rotatable bonds is 1. The number of alkyl halides is 3. The summed E-state index contributed by atoms with van der Waals surface area (Å²) in [6.45, 7) is -1.10. The van der Waals surface area contributed by atoms with Gasteiger partial charge < -0.3 is 4.57 Å². The number of halogens is 4. The van der Waals surface area contributed by atoms with E-state index in [-0.39, 0.29) is 5.52 Å². The molecule has 2 aromatic rings. The fraction of sp³-hybridized carbons (Fsp3) is 0.200. The van der Waals surface area contributed by atoms with Gasteiger partial charge in [-0.15, -0.1) is 0 Å². The predicted molar refractivity (Wildman–Crippen MR) is 48.0 cm³/mol. The molecule has 0 aliphatic rings. The van der Waals surface area contributed by atoms with E-state index in [0.29, 0.717) is 5.39 Å². The van der Waals surface area contributed by atoms with Crippen LogP contribution in [0.3, 0.4) is 0 Å². The molecule has 1 aromatic carbocycles. The molecule has 0 spiro atoms. The van der Waals surface area contributed by atoms with Gasteiger partial charge in [0.05, 0.1) is 5.52 Å². The highest BCUT2D eigenvalue weighted by Crippen LogP contribution is 2.23. The predicted octanol–water partition coefficient (Wildman–Crippen LogP) is 3.34. The van der Waals surface area contributed by atoms with Crippen molar-refractivity contribution in [2.75, 3.05) is 0 Å². The maximum Gasteiger partial charge on any atom is 0.406 e. The average molecular weight is 217 g/mol. The van der Waals surface area contributed by atoms with E-state index in [4.69, 9.17) is 0 Å². The molecule has 0 atom stereocenters. The average Bonchev–Trinajstić information content (AvgIpc) is 2.46. The Kier molecular flexibility index (Phi) is 2.17. The lowest BCUT2D eigenvalue weighted by Crippen LogP contribution is -2.16. The molecule has 15 heavy (non-hydrogen) atoms. The molecule has 1 heterocycles. The standard InChI is InChI=1S/C10H7F4N/c11-8-2-1-7-3-4-15(9(7)5-8)6-10(12,13)14/h1-5H,6H2. The van der Waals surface area contributed by atoms with Crippen molar-refractivity contribution < 1.29 is 17.6 Å². The largest absolute Gasteiger partial charge is 0.406 e. The summed E-state index contributed by atoms with van der Waals surface area (Å²) in [6.07, 6.45) is -2.99. The molecule has 0 radical (unpaired) electrons. The molecule has 0 unspecified atom stereocenters. The summed E-state index contributed by atoms with van der Waals surface area (Å²) in [4.78, 5) is 0. The zero-order valence-electron chi connectivity index (χ0n) is 7.55. The Bertz CT molecular complexity index is 484. The van der Waals surface area contributed by atoms with Gasteiger partial charge in [0.2, 0.25) is 0 Å². The molecular formula is C10H7F4N. The van der Waals surface area contributed by atoms with Crippen molar-refractivity contribution in [3.05, 3.63) is 36.3 Å². The first-order valence-corrected chi connectivity index (χ1v) is 4.27. The van der Waals surface area contributed by atoms with Crippen LogP contribution in [0.4, 0.5) is 17.6 Å². The van der Waals surface area contributed by atoms with Gasteiger partial charge >= 0.3 is 6.18 Å². The van der Waals surface area contributed by atoms with Gasteiger partial charge in [-0.1, -0.05) is 0 Å². The Morgan fingerprint density at radius 1 is 1.13 bits per heavy atom. The van der Waals surface area contributed by atoms with Crippen LogP contribution < -0.4 is 0 Å².